The van der Waals surface area contributed by atoms with Gasteiger partial charge in [-0.1, -0.05) is 54.6 Å². The number of fused-ring (bicyclic) bond motifs is 3. The maximum Gasteiger partial charge on any atom is 0.264 e. The zero-order valence-electron chi connectivity index (χ0n) is 14.6. The van der Waals surface area contributed by atoms with Gasteiger partial charge < -0.3 is 0 Å². The van der Waals surface area contributed by atoms with Gasteiger partial charge in [0.25, 0.3) is 5.56 Å². The number of rotatable bonds is 0. The second kappa shape index (κ2) is 5.64. The highest BCUT2D eigenvalue weighted by Crippen LogP contribution is 2.31. The van der Waals surface area contributed by atoms with Crippen LogP contribution in [0.3, 0.4) is 0 Å². The smallest absolute Gasteiger partial charge is 0.264 e. The summed E-state index contributed by atoms with van der Waals surface area (Å²) >= 11 is 0. The molecule has 4 aromatic carbocycles. The van der Waals surface area contributed by atoms with Crippen molar-refractivity contribution in [2.24, 2.45) is 0 Å². The number of pyridine rings is 1. The van der Waals surface area contributed by atoms with E-state index in [2.05, 4.69) is 31.4 Å². The van der Waals surface area contributed by atoms with E-state index in [1.165, 1.54) is 0 Å². The van der Waals surface area contributed by atoms with E-state index in [1.807, 2.05) is 54.6 Å². The zero-order chi connectivity index (χ0) is 18.5. The van der Waals surface area contributed by atoms with Crippen LogP contribution in [0.5, 0.6) is 0 Å². The molecule has 0 unspecified atom stereocenters. The molecule has 0 saturated carbocycles. The van der Waals surface area contributed by atoms with Gasteiger partial charge in [-0.2, -0.15) is 0 Å². The van der Waals surface area contributed by atoms with Crippen molar-refractivity contribution in [2.75, 3.05) is 0 Å². The van der Waals surface area contributed by atoms with Gasteiger partial charge in [-0.15, -0.1) is 13.2 Å². The monoisotopic (exact) mass is 348 g/mol. The van der Waals surface area contributed by atoms with E-state index >= 15 is 0 Å². The third kappa shape index (κ3) is 1.97. The molecule has 128 valence electrons. The van der Waals surface area contributed by atoms with Crippen LogP contribution < -0.4 is 5.56 Å². The third-order valence-electron chi connectivity index (χ3n) is 5.12. The molecule has 6 rings (SSSR count). The SMILES string of the molecule is C=C.O=c1c2cccc3cccc(c32)c2nc3cccc4cccc(c43)n12. The summed E-state index contributed by atoms with van der Waals surface area (Å²) in [4.78, 5) is 18.2. The van der Waals surface area contributed by atoms with Crippen LogP contribution in [-0.4, -0.2) is 9.38 Å². The minimum Gasteiger partial charge on any atom is -0.268 e. The van der Waals surface area contributed by atoms with Crippen molar-refractivity contribution in [3.05, 3.63) is 96.3 Å². The molecule has 3 heteroatoms. The van der Waals surface area contributed by atoms with Gasteiger partial charge in [0.1, 0.15) is 5.65 Å². The van der Waals surface area contributed by atoms with Crippen molar-refractivity contribution >= 4 is 49.0 Å². The third-order valence-corrected chi connectivity index (χ3v) is 5.12. The van der Waals surface area contributed by atoms with Gasteiger partial charge in [0.2, 0.25) is 0 Å². The van der Waals surface area contributed by atoms with Crippen LogP contribution in [0.25, 0.3) is 49.0 Å². The van der Waals surface area contributed by atoms with Crippen LogP contribution in [0, 0.1) is 0 Å². The summed E-state index contributed by atoms with van der Waals surface area (Å²) < 4.78 is 1.77. The molecule has 0 N–H and O–H groups in total. The van der Waals surface area contributed by atoms with Gasteiger partial charge in [0.05, 0.1) is 11.0 Å². The van der Waals surface area contributed by atoms with Crippen LogP contribution in [0.4, 0.5) is 0 Å². The maximum atomic E-state index is 13.3. The molecule has 0 aliphatic heterocycles. The lowest BCUT2D eigenvalue weighted by atomic mass is 10.0. The Bertz CT molecular complexity index is 1520. The quantitative estimate of drug-likeness (QED) is 0.205. The predicted octanol–water partition coefficient (Wildman–Crippen LogP) is 5.55. The van der Waals surface area contributed by atoms with Crippen LogP contribution in [0.1, 0.15) is 0 Å². The highest BCUT2D eigenvalue weighted by molar-refractivity contribution is 6.16. The normalized spacial score (nSPS) is 11.4. The van der Waals surface area contributed by atoms with E-state index in [0.29, 0.717) is 0 Å². The number of benzene rings is 4. The fraction of sp³-hybridized carbons (Fsp3) is 0. The van der Waals surface area contributed by atoms with Gasteiger partial charge in [-0.05, 0) is 29.0 Å². The molecule has 0 amide bonds. The van der Waals surface area contributed by atoms with Crippen molar-refractivity contribution in [3.63, 3.8) is 0 Å². The Labute approximate surface area is 155 Å². The van der Waals surface area contributed by atoms with Crippen molar-refractivity contribution in [3.8, 4) is 0 Å². The number of hydrogen-bond donors (Lipinski definition) is 0. The van der Waals surface area contributed by atoms with Crippen molar-refractivity contribution in [1.82, 2.24) is 9.38 Å². The van der Waals surface area contributed by atoms with Gasteiger partial charge in [-0.3, -0.25) is 9.20 Å². The van der Waals surface area contributed by atoms with E-state index in [9.17, 15) is 4.79 Å². The second-order valence-corrected chi connectivity index (χ2v) is 6.44. The van der Waals surface area contributed by atoms with Crippen LogP contribution in [0.2, 0.25) is 0 Å². The van der Waals surface area contributed by atoms with Crippen LogP contribution >= 0.6 is 0 Å². The molecule has 0 bridgehead atoms. The molecule has 2 heterocycles. The van der Waals surface area contributed by atoms with Crippen LogP contribution in [0.15, 0.2) is 90.7 Å². The van der Waals surface area contributed by atoms with E-state index in [4.69, 9.17) is 4.98 Å². The lowest BCUT2D eigenvalue weighted by Gasteiger charge is -2.13. The molecule has 0 aliphatic carbocycles. The molecular weight excluding hydrogens is 332 g/mol. The first-order valence-electron chi connectivity index (χ1n) is 8.80. The molecular formula is C24H16N2O. The molecule has 0 atom stereocenters. The van der Waals surface area contributed by atoms with Gasteiger partial charge in [0.15, 0.2) is 0 Å². The molecule has 0 saturated heterocycles. The fourth-order valence-electron chi connectivity index (χ4n) is 4.07. The van der Waals surface area contributed by atoms with E-state index in [0.717, 1.165) is 49.0 Å². The van der Waals surface area contributed by atoms with E-state index < -0.39 is 0 Å². The van der Waals surface area contributed by atoms with Gasteiger partial charge in [-0.25, -0.2) is 4.98 Å². The summed E-state index contributed by atoms with van der Waals surface area (Å²) in [6.45, 7) is 6.00. The molecule has 6 aromatic rings. The standard InChI is InChI=1S/C22H12N2O.C2H4/c25-22-16-10-2-6-13-5-1-9-15(19(13)16)21-23-17-11-3-7-14-8-4-12-18(20(14)17)24(21)22;1-2/h1-12H;1-2H2. The van der Waals surface area contributed by atoms with Crippen molar-refractivity contribution < 1.29 is 0 Å². The number of nitrogens with zero attached hydrogens (tertiary/aromatic N) is 2. The lowest BCUT2D eigenvalue weighted by molar-refractivity contribution is 1.15. The van der Waals surface area contributed by atoms with Crippen LogP contribution in [-0.2, 0) is 0 Å². The molecule has 0 aliphatic rings. The zero-order valence-corrected chi connectivity index (χ0v) is 14.6. The van der Waals surface area contributed by atoms with Gasteiger partial charge >= 0.3 is 0 Å². The summed E-state index contributed by atoms with van der Waals surface area (Å²) in [7, 11) is 0. The van der Waals surface area contributed by atoms with Crippen molar-refractivity contribution in [1.29, 1.82) is 0 Å². The first-order valence-corrected chi connectivity index (χ1v) is 8.80. The first-order chi connectivity index (χ1) is 13.3. The molecule has 0 radical (unpaired) electrons. The maximum absolute atomic E-state index is 13.3. The first kappa shape index (κ1) is 15.5. The topological polar surface area (TPSA) is 34.4 Å². The van der Waals surface area contributed by atoms with Crippen molar-refractivity contribution in [2.45, 2.75) is 0 Å². The molecule has 0 spiro atoms. The van der Waals surface area contributed by atoms with E-state index in [1.54, 1.807) is 4.40 Å². The number of hydrogen-bond acceptors (Lipinski definition) is 2. The molecule has 0 fully saturated rings. The summed E-state index contributed by atoms with van der Waals surface area (Å²) in [6.07, 6.45) is 0. The summed E-state index contributed by atoms with van der Waals surface area (Å²) in [5.74, 6) is 0. The molecule has 27 heavy (non-hydrogen) atoms. The average Bonchev–Trinajstić information content (AvgIpc) is 2.73. The fourth-order valence-corrected chi connectivity index (χ4v) is 4.07. The Balaban J connectivity index is 0.000000777. The Hall–Kier alpha value is -3.72. The molecule has 3 nitrogen and oxygen atoms in total. The largest absolute Gasteiger partial charge is 0.268 e. The highest BCUT2D eigenvalue weighted by atomic mass is 16.1. The van der Waals surface area contributed by atoms with Gasteiger partial charge in [0, 0.05) is 21.5 Å². The Morgan fingerprint density at radius 2 is 1.30 bits per heavy atom. The summed E-state index contributed by atoms with van der Waals surface area (Å²) in [5, 5.41) is 5.96. The summed E-state index contributed by atoms with van der Waals surface area (Å²) in [5.41, 5.74) is 2.55. The lowest BCUT2D eigenvalue weighted by Crippen LogP contribution is -2.16. The average molecular weight is 348 g/mol. The minimum absolute atomic E-state index is 0.00921. The predicted molar refractivity (Wildman–Crippen MR) is 114 cm³/mol. The highest BCUT2D eigenvalue weighted by Gasteiger charge is 2.15. The Kier molecular flexibility index (Phi) is 3.25. The summed E-state index contributed by atoms with van der Waals surface area (Å²) in [6, 6.07) is 24.2. The molecule has 2 aromatic heterocycles. The second-order valence-electron chi connectivity index (χ2n) is 6.44. The minimum atomic E-state index is -0.00921. The Morgan fingerprint density at radius 3 is 2.04 bits per heavy atom. The van der Waals surface area contributed by atoms with E-state index in [-0.39, 0.29) is 5.56 Å². The Morgan fingerprint density at radius 1 is 0.704 bits per heavy atom. The number of aromatic nitrogens is 2.